The van der Waals surface area contributed by atoms with Crippen molar-refractivity contribution in [3.8, 4) is 11.4 Å². The van der Waals surface area contributed by atoms with Gasteiger partial charge in [0.05, 0.1) is 24.0 Å². The highest BCUT2D eigenvalue weighted by molar-refractivity contribution is 5.94. The number of amides is 2. The molecule has 0 atom stereocenters. The molecule has 3 aromatic rings. The van der Waals surface area contributed by atoms with Gasteiger partial charge in [0.15, 0.2) is 5.69 Å². The Hall–Kier alpha value is -3.89. The van der Waals surface area contributed by atoms with E-state index in [-0.39, 0.29) is 30.0 Å². The number of piperidine rings is 1. The van der Waals surface area contributed by atoms with Crippen LogP contribution in [0, 0.1) is 6.92 Å². The Morgan fingerprint density at radius 2 is 1.86 bits per heavy atom. The van der Waals surface area contributed by atoms with E-state index in [1.54, 1.807) is 4.90 Å². The maximum Gasteiger partial charge on any atom is 0.416 e. The summed E-state index contributed by atoms with van der Waals surface area (Å²) in [6.07, 6.45) is -2.29. The third kappa shape index (κ3) is 5.97. The van der Waals surface area contributed by atoms with Gasteiger partial charge >= 0.3 is 6.18 Å². The molecule has 184 valence electrons. The average Bonchev–Trinajstić information content (AvgIpc) is 3.33. The van der Waals surface area contributed by atoms with Crippen molar-refractivity contribution in [2.75, 3.05) is 19.6 Å². The van der Waals surface area contributed by atoms with E-state index in [1.807, 2.05) is 31.2 Å². The van der Waals surface area contributed by atoms with Crippen LogP contribution >= 0.6 is 0 Å². The van der Waals surface area contributed by atoms with Crippen LogP contribution in [-0.4, -0.2) is 57.4 Å². The van der Waals surface area contributed by atoms with Crippen molar-refractivity contribution in [1.82, 2.24) is 25.2 Å². The average molecular weight is 487 g/mol. The number of carbonyl (C=O) groups is 2. The number of aromatic nitrogens is 3. The van der Waals surface area contributed by atoms with Gasteiger partial charge in [-0.1, -0.05) is 29.5 Å². The van der Waals surface area contributed by atoms with Crippen molar-refractivity contribution in [3.05, 3.63) is 71.5 Å². The van der Waals surface area contributed by atoms with Gasteiger partial charge in [-0.2, -0.15) is 13.2 Å². The quantitative estimate of drug-likeness (QED) is 0.576. The van der Waals surface area contributed by atoms with Crippen molar-refractivity contribution in [2.24, 2.45) is 0 Å². The molecule has 1 N–H and O–H groups in total. The summed E-state index contributed by atoms with van der Waals surface area (Å²) in [6, 6.07) is 12.3. The lowest BCUT2D eigenvalue weighted by Gasteiger charge is -2.32. The Labute approximate surface area is 199 Å². The molecule has 0 bridgehead atoms. The lowest BCUT2D eigenvalue weighted by molar-refractivity contribution is -0.138. The molecule has 1 aliphatic rings. The van der Waals surface area contributed by atoms with Gasteiger partial charge in [-0.05, 0) is 36.8 Å². The molecule has 11 heteroatoms. The van der Waals surface area contributed by atoms with E-state index in [0.29, 0.717) is 25.9 Å². The first-order valence-electron chi connectivity index (χ1n) is 11.1. The van der Waals surface area contributed by atoms with Crippen LogP contribution in [0.3, 0.4) is 0 Å². The summed E-state index contributed by atoms with van der Waals surface area (Å²) in [6.45, 7) is 2.47. The number of rotatable bonds is 6. The van der Waals surface area contributed by atoms with E-state index in [1.165, 1.54) is 23.0 Å². The SMILES string of the molecule is Cc1ccccc1-n1cc(C(=O)NCC(=O)N2CCC(Oc3cccc(C(F)(F)F)c3)CC2)nn1. The van der Waals surface area contributed by atoms with Crippen molar-refractivity contribution in [2.45, 2.75) is 32.0 Å². The number of para-hydroxylation sites is 1. The second-order valence-corrected chi connectivity index (χ2v) is 8.24. The number of halogens is 3. The van der Waals surface area contributed by atoms with Gasteiger partial charge in [0.25, 0.3) is 5.91 Å². The topological polar surface area (TPSA) is 89.4 Å². The number of carbonyl (C=O) groups excluding carboxylic acids is 2. The first kappa shape index (κ1) is 24.2. The monoisotopic (exact) mass is 487 g/mol. The molecule has 0 spiro atoms. The van der Waals surface area contributed by atoms with E-state index in [0.717, 1.165) is 23.4 Å². The number of hydrogen-bond donors (Lipinski definition) is 1. The highest BCUT2D eigenvalue weighted by Crippen LogP contribution is 2.32. The number of nitrogens with zero attached hydrogens (tertiary/aromatic N) is 4. The second-order valence-electron chi connectivity index (χ2n) is 8.24. The maximum atomic E-state index is 12.9. The minimum absolute atomic E-state index is 0.0919. The smallest absolute Gasteiger partial charge is 0.416 e. The number of alkyl halides is 3. The van der Waals surface area contributed by atoms with Gasteiger partial charge in [0, 0.05) is 25.9 Å². The van der Waals surface area contributed by atoms with E-state index in [2.05, 4.69) is 15.6 Å². The first-order chi connectivity index (χ1) is 16.7. The van der Waals surface area contributed by atoms with Crippen LogP contribution in [-0.2, 0) is 11.0 Å². The number of aryl methyl sites for hydroxylation is 1. The maximum absolute atomic E-state index is 12.9. The third-order valence-corrected chi connectivity index (χ3v) is 5.75. The van der Waals surface area contributed by atoms with Crippen LogP contribution in [0.5, 0.6) is 5.75 Å². The van der Waals surface area contributed by atoms with E-state index in [4.69, 9.17) is 4.74 Å². The molecule has 2 heterocycles. The van der Waals surface area contributed by atoms with Crippen LogP contribution in [0.4, 0.5) is 13.2 Å². The molecule has 0 unspecified atom stereocenters. The zero-order chi connectivity index (χ0) is 25.0. The molecule has 0 saturated carbocycles. The van der Waals surface area contributed by atoms with Gasteiger partial charge in [-0.3, -0.25) is 9.59 Å². The minimum atomic E-state index is -4.44. The molecule has 1 aromatic heterocycles. The van der Waals surface area contributed by atoms with Crippen molar-refractivity contribution < 1.29 is 27.5 Å². The third-order valence-electron chi connectivity index (χ3n) is 5.75. The molecule has 8 nitrogen and oxygen atoms in total. The van der Waals surface area contributed by atoms with E-state index < -0.39 is 17.6 Å². The van der Waals surface area contributed by atoms with Gasteiger partial charge < -0.3 is 15.0 Å². The largest absolute Gasteiger partial charge is 0.490 e. The molecular weight excluding hydrogens is 463 g/mol. The Morgan fingerprint density at radius 1 is 1.11 bits per heavy atom. The molecule has 0 radical (unpaired) electrons. The zero-order valence-corrected chi connectivity index (χ0v) is 19.0. The molecule has 1 saturated heterocycles. The van der Waals surface area contributed by atoms with Gasteiger partial charge in [-0.25, -0.2) is 4.68 Å². The molecule has 0 aliphatic carbocycles. The van der Waals surface area contributed by atoms with Gasteiger partial charge in [-0.15, -0.1) is 5.10 Å². The zero-order valence-electron chi connectivity index (χ0n) is 19.0. The second kappa shape index (κ2) is 10.2. The molecule has 1 fully saturated rings. The lowest BCUT2D eigenvalue weighted by Crippen LogP contribution is -2.46. The van der Waals surface area contributed by atoms with E-state index >= 15 is 0 Å². The highest BCUT2D eigenvalue weighted by Gasteiger charge is 2.31. The lowest BCUT2D eigenvalue weighted by atomic mass is 10.1. The van der Waals surface area contributed by atoms with Crippen LogP contribution in [0.2, 0.25) is 0 Å². The Morgan fingerprint density at radius 3 is 2.57 bits per heavy atom. The van der Waals surface area contributed by atoms with Crippen molar-refractivity contribution >= 4 is 11.8 Å². The predicted molar refractivity (Wildman–Crippen MR) is 120 cm³/mol. The van der Waals surface area contributed by atoms with Gasteiger partial charge in [0.1, 0.15) is 11.9 Å². The van der Waals surface area contributed by atoms with Crippen LogP contribution in [0.25, 0.3) is 5.69 Å². The fourth-order valence-electron chi connectivity index (χ4n) is 3.83. The Kier molecular flexibility index (Phi) is 7.04. The predicted octanol–water partition coefficient (Wildman–Crippen LogP) is 3.39. The molecule has 1 aliphatic heterocycles. The molecule has 4 rings (SSSR count). The van der Waals surface area contributed by atoms with Crippen LogP contribution in [0.15, 0.2) is 54.7 Å². The molecular formula is C24H24F3N5O3. The number of ether oxygens (including phenoxy) is 1. The summed E-state index contributed by atoms with van der Waals surface area (Å²) in [4.78, 5) is 26.5. The summed E-state index contributed by atoms with van der Waals surface area (Å²) >= 11 is 0. The molecule has 35 heavy (non-hydrogen) atoms. The molecule has 2 aromatic carbocycles. The Bertz CT molecular complexity index is 1200. The fraction of sp³-hybridized carbons (Fsp3) is 0.333. The minimum Gasteiger partial charge on any atom is -0.490 e. The van der Waals surface area contributed by atoms with E-state index in [9.17, 15) is 22.8 Å². The van der Waals surface area contributed by atoms with Crippen LogP contribution < -0.4 is 10.1 Å². The normalized spacial score (nSPS) is 14.6. The van der Waals surface area contributed by atoms with Gasteiger partial charge in [0.2, 0.25) is 5.91 Å². The summed E-state index contributed by atoms with van der Waals surface area (Å²) in [5.41, 5.74) is 1.09. The first-order valence-corrected chi connectivity index (χ1v) is 11.1. The standard InChI is InChI=1S/C24H24F3N5O3/c1-16-5-2-3-8-21(16)32-15-20(29-30-32)23(34)28-14-22(33)31-11-9-18(10-12-31)35-19-7-4-6-17(13-19)24(25,26)27/h2-8,13,15,18H,9-12,14H2,1H3,(H,28,34). The number of nitrogens with one attached hydrogen (secondary N) is 1. The Balaban J connectivity index is 1.25. The van der Waals surface area contributed by atoms with Crippen LogP contribution in [0.1, 0.15) is 34.5 Å². The van der Waals surface area contributed by atoms with Crippen molar-refractivity contribution in [3.63, 3.8) is 0 Å². The summed E-state index contributed by atoms with van der Waals surface area (Å²) in [5.74, 6) is -0.626. The molecule has 2 amide bonds. The highest BCUT2D eigenvalue weighted by atomic mass is 19.4. The number of benzene rings is 2. The van der Waals surface area contributed by atoms with Crippen molar-refractivity contribution in [1.29, 1.82) is 0 Å². The summed E-state index contributed by atoms with van der Waals surface area (Å²) in [7, 11) is 0. The number of likely N-dealkylation sites (tertiary alicyclic amines) is 1. The summed E-state index contributed by atoms with van der Waals surface area (Å²) < 4.78 is 45.8. The fourth-order valence-corrected chi connectivity index (χ4v) is 3.83. The number of hydrogen-bond acceptors (Lipinski definition) is 5. The summed E-state index contributed by atoms with van der Waals surface area (Å²) in [5, 5.41) is 10.4.